The number of amides is 4. The van der Waals surface area contributed by atoms with E-state index in [-0.39, 0.29) is 11.8 Å². The Kier molecular flexibility index (Phi) is 13.7. The van der Waals surface area contributed by atoms with Gasteiger partial charge in [-0.2, -0.15) is 0 Å². The van der Waals surface area contributed by atoms with Gasteiger partial charge in [-0.3, -0.25) is 34.2 Å². The molecule has 2 atom stereocenters. The molecule has 4 aromatic rings. The Morgan fingerprint density at radius 1 is 0.725 bits per heavy atom. The average Bonchev–Trinajstić information content (AvgIpc) is 3.09. The fraction of sp³-hybridized carbons (Fsp3) is 0.342. The highest BCUT2D eigenvalue weighted by atomic mass is 16.6. The molecule has 0 fully saturated rings. The van der Waals surface area contributed by atoms with Crippen molar-refractivity contribution in [1.82, 2.24) is 35.8 Å². The smallest absolute Gasteiger partial charge is 0.408 e. The van der Waals surface area contributed by atoms with E-state index in [1.165, 1.54) is 6.92 Å². The third kappa shape index (κ3) is 13.3. The second-order valence-corrected chi connectivity index (χ2v) is 13.1. The van der Waals surface area contributed by atoms with Crippen LogP contribution in [0.5, 0.6) is 0 Å². The highest BCUT2D eigenvalue weighted by Gasteiger charge is 2.23. The molecule has 4 amide bonds. The van der Waals surface area contributed by atoms with Crippen LogP contribution < -0.4 is 21.3 Å². The van der Waals surface area contributed by atoms with Gasteiger partial charge in [0.1, 0.15) is 17.7 Å². The number of pyridine rings is 3. The van der Waals surface area contributed by atoms with Crippen molar-refractivity contribution in [3.8, 4) is 0 Å². The van der Waals surface area contributed by atoms with Crippen LogP contribution in [0.1, 0.15) is 67.6 Å². The van der Waals surface area contributed by atoms with Crippen molar-refractivity contribution < 1.29 is 23.9 Å². The summed E-state index contributed by atoms with van der Waals surface area (Å²) in [5.41, 5.74) is 4.01. The molecular formula is C38H46N8O5. The van der Waals surface area contributed by atoms with Gasteiger partial charge in [0.25, 0.3) is 5.91 Å². The number of anilines is 1. The number of alkyl carbamates (subject to hydrolysis) is 1. The maximum Gasteiger partial charge on any atom is 0.408 e. The van der Waals surface area contributed by atoms with Crippen molar-refractivity contribution in [2.75, 3.05) is 11.9 Å². The van der Waals surface area contributed by atoms with Gasteiger partial charge < -0.3 is 26.0 Å². The molecule has 0 bridgehead atoms. The first-order valence-corrected chi connectivity index (χ1v) is 16.8. The van der Waals surface area contributed by atoms with E-state index in [1.54, 1.807) is 64.5 Å². The number of aromatic nitrogens is 3. The largest absolute Gasteiger partial charge is 0.444 e. The summed E-state index contributed by atoms with van der Waals surface area (Å²) in [7, 11) is 0. The number of benzene rings is 1. The average molecular weight is 695 g/mol. The van der Waals surface area contributed by atoms with Crippen LogP contribution in [-0.2, 0) is 40.4 Å². The first kappa shape index (κ1) is 38.1. The van der Waals surface area contributed by atoms with Crippen LogP contribution in [-0.4, -0.2) is 67.9 Å². The zero-order valence-corrected chi connectivity index (χ0v) is 29.7. The summed E-state index contributed by atoms with van der Waals surface area (Å²) in [6, 6.07) is 20.9. The molecule has 0 aliphatic heterocycles. The van der Waals surface area contributed by atoms with Crippen LogP contribution >= 0.6 is 0 Å². The number of rotatable bonds is 15. The summed E-state index contributed by atoms with van der Waals surface area (Å²) in [5, 5.41) is 10.7. The minimum absolute atomic E-state index is 0.278. The van der Waals surface area contributed by atoms with E-state index in [9.17, 15) is 19.2 Å². The molecule has 0 saturated heterocycles. The number of hydrogen-bond acceptors (Lipinski definition) is 9. The molecule has 0 spiro atoms. The van der Waals surface area contributed by atoms with E-state index in [4.69, 9.17) is 4.74 Å². The van der Waals surface area contributed by atoms with Gasteiger partial charge in [0.15, 0.2) is 0 Å². The molecule has 4 N–H and O–H groups in total. The van der Waals surface area contributed by atoms with Gasteiger partial charge in [0, 0.05) is 50.5 Å². The monoisotopic (exact) mass is 694 g/mol. The number of nitrogens with zero attached hydrogens (tertiary/aromatic N) is 4. The van der Waals surface area contributed by atoms with Gasteiger partial charge in [-0.15, -0.1) is 0 Å². The molecular weight excluding hydrogens is 648 g/mol. The number of carbonyl (C=O) groups is 4. The Morgan fingerprint density at radius 3 is 1.84 bits per heavy atom. The van der Waals surface area contributed by atoms with Crippen molar-refractivity contribution in [2.24, 2.45) is 0 Å². The van der Waals surface area contributed by atoms with Crippen molar-refractivity contribution in [1.29, 1.82) is 0 Å². The van der Waals surface area contributed by atoms with E-state index >= 15 is 0 Å². The lowest BCUT2D eigenvalue weighted by Gasteiger charge is -2.22. The quantitative estimate of drug-likeness (QED) is 0.141. The summed E-state index contributed by atoms with van der Waals surface area (Å²) in [4.78, 5) is 65.5. The van der Waals surface area contributed by atoms with Crippen LogP contribution in [0.3, 0.4) is 0 Å². The maximum absolute atomic E-state index is 13.0. The van der Waals surface area contributed by atoms with Gasteiger partial charge in [-0.05, 0) is 95.1 Å². The standard InChI is InChI=1S/C38H46N8O5/c1-26(43-35(48)27(2)44-37(50)51-38(3,4)5)34(47)41-21-18-28-12-15-30(16-13-28)45-36(49)29-14-17-33(42-22-29)25-46(23-31-10-6-8-19-39-31)24-32-11-7-9-20-40-32/h6-17,19-20,22,26-27H,18,21,23-25H2,1-5H3,(H,41,47)(H,43,48)(H,44,50)(H,45,49)/t26-,27-/m1/s1. The Bertz CT molecular complexity index is 1690. The fourth-order valence-electron chi connectivity index (χ4n) is 4.89. The first-order chi connectivity index (χ1) is 24.3. The molecule has 1 aromatic carbocycles. The molecule has 3 heterocycles. The van der Waals surface area contributed by atoms with Crippen LogP contribution in [0, 0.1) is 0 Å². The summed E-state index contributed by atoms with van der Waals surface area (Å²) in [5.74, 6) is -1.14. The second kappa shape index (κ2) is 18.3. The Hall–Kier alpha value is -5.69. The molecule has 13 nitrogen and oxygen atoms in total. The van der Waals surface area contributed by atoms with Crippen molar-refractivity contribution in [2.45, 2.75) is 78.4 Å². The third-order valence-electron chi connectivity index (χ3n) is 7.50. The van der Waals surface area contributed by atoms with Gasteiger partial charge in [0.2, 0.25) is 11.8 Å². The molecule has 0 saturated carbocycles. The minimum atomic E-state index is -0.882. The van der Waals surface area contributed by atoms with E-state index in [0.717, 1.165) is 22.6 Å². The van der Waals surface area contributed by atoms with Gasteiger partial charge in [0.05, 0.1) is 22.6 Å². The Morgan fingerprint density at radius 2 is 1.31 bits per heavy atom. The SMILES string of the molecule is C[C@@H](NC(=O)OC(C)(C)C)C(=O)N[C@H](C)C(=O)NCCc1ccc(NC(=O)c2ccc(CN(Cc3ccccn3)Cc3ccccn3)nc2)cc1. The lowest BCUT2D eigenvalue weighted by atomic mass is 10.1. The molecule has 51 heavy (non-hydrogen) atoms. The zero-order chi connectivity index (χ0) is 36.8. The maximum atomic E-state index is 13.0. The number of nitrogens with one attached hydrogen (secondary N) is 4. The summed E-state index contributed by atoms with van der Waals surface area (Å²) in [6.45, 7) is 10.4. The molecule has 4 rings (SSSR count). The fourth-order valence-corrected chi connectivity index (χ4v) is 4.89. The van der Waals surface area contributed by atoms with Crippen LogP contribution in [0.2, 0.25) is 0 Å². The topological polar surface area (TPSA) is 168 Å². The Balaban J connectivity index is 1.21. The first-order valence-electron chi connectivity index (χ1n) is 16.8. The lowest BCUT2D eigenvalue weighted by molar-refractivity contribution is -0.129. The van der Waals surface area contributed by atoms with Crippen LogP contribution in [0.15, 0.2) is 91.4 Å². The molecule has 268 valence electrons. The number of ether oxygens (including phenoxy) is 1. The molecule has 3 aromatic heterocycles. The molecule has 0 aliphatic rings. The normalized spacial score (nSPS) is 12.4. The van der Waals surface area contributed by atoms with E-state index in [0.29, 0.717) is 43.9 Å². The molecule has 0 radical (unpaired) electrons. The van der Waals surface area contributed by atoms with Crippen LogP contribution in [0.4, 0.5) is 10.5 Å². The van der Waals surface area contributed by atoms with Crippen molar-refractivity contribution in [3.63, 3.8) is 0 Å². The van der Waals surface area contributed by atoms with E-state index in [1.807, 2.05) is 54.6 Å². The van der Waals surface area contributed by atoms with Gasteiger partial charge >= 0.3 is 6.09 Å². The third-order valence-corrected chi connectivity index (χ3v) is 7.50. The van der Waals surface area contributed by atoms with E-state index in [2.05, 4.69) is 41.1 Å². The summed E-state index contributed by atoms with van der Waals surface area (Å²) < 4.78 is 5.16. The van der Waals surface area contributed by atoms with Crippen molar-refractivity contribution >= 4 is 29.5 Å². The lowest BCUT2D eigenvalue weighted by Crippen LogP contribution is -2.52. The number of hydrogen-bond donors (Lipinski definition) is 4. The van der Waals surface area contributed by atoms with Gasteiger partial charge in [-0.25, -0.2) is 4.79 Å². The summed E-state index contributed by atoms with van der Waals surface area (Å²) in [6.07, 6.45) is 4.95. The predicted molar refractivity (Wildman–Crippen MR) is 193 cm³/mol. The minimum Gasteiger partial charge on any atom is -0.444 e. The van der Waals surface area contributed by atoms with Crippen LogP contribution in [0.25, 0.3) is 0 Å². The van der Waals surface area contributed by atoms with E-state index < -0.39 is 29.7 Å². The second-order valence-electron chi connectivity index (χ2n) is 13.1. The predicted octanol–water partition coefficient (Wildman–Crippen LogP) is 4.40. The molecule has 13 heteroatoms. The number of carbonyl (C=O) groups excluding carboxylic acids is 4. The Labute approximate surface area is 298 Å². The highest BCUT2D eigenvalue weighted by Crippen LogP contribution is 2.14. The van der Waals surface area contributed by atoms with Crippen molar-refractivity contribution in [3.05, 3.63) is 120 Å². The summed E-state index contributed by atoms with van der Waals surface area (Å²) >= 11 is 0. The zero-order valence-electron chi connectivity index (χ0n) is 29.7. The van der Waals surface area contributed by atoms with Gasteiger partial charge in [-0.1, -0.05) is 24.3 Å². The molecule has 0 unspecified atom stereocenters. The highest BCUT2D eigenvalue weighted by molar-refractivity contribution is 6.04. The molecule has 0 aliphatic carbocycles.